The van der Waals surface area contributed by atoms with Gasteiger partial charge in [-0.25, -0.2) is 0 Å². The number of hydrogen-bond donors (Lipinski definition) is 1. The lowest BCUT2D eigenvalue weighted by Crippen LogP contribution is -2.40. The number of furan rings is 1. The molecule has 1 aromatic heterocycles. The first-order chi connectivity index (χ1) is 10.2. The summed E-state index contributed by atoms with van der Waals surface area (Å²) in [5.74, 6) is 1.97. The standard InChI is InChI=1S/C18H24N2O/c1-14-3-5-15(6-4-14)18-8-7-17(21-18)13-19-16-9-11-20(2)12-10-16/h3-8,16,19H,9-13H2,1-2H3. The summed E-state index contributed by atoms with van der Waals surface area (Å²) in [7, 11) is 2.19. The van der Waals surface area contributed by atoms with Gasteiger partial charge < -0.3 is 14.6 Å². The van der Waals surface area contributed by atoms with E-state index in [0.717, 1.165) is 23.6 Å². The number of piperidine rings is 1. The van der Waals surface area contributed by atoms with Crippen molar-refractivity contribution in [3.05, 3.63) is 47.7 Å². The Morgan fingerprint density at radius 2 is 1.81 bits per heavy atom. The van der Waals surface area contributed by atoms with Gasteiger partial charge in [0.1, 0.15) is 11.5 Å². The molecule has 1 aliphatic heterocycles. The van der Waals surface area contributed by atoms with Gasteiger partial charge in [0.05, 0.1) is 6.54 Å². The maximum Gasteiger partial charge on any atom is 0.134 e. The van der Waals surface area contributed by atoms with E-state index in [1.165, 1.54) is 31.5 Å². The van der Waals surface area contributed by atoms with Crippen molar-refractivity contribution in [1.82, 2.24) is 10.2 Å². The van der Waals surface area contributed by atoms with Crippen molar-refractivity contribution in [2.24, 2.45) is 0 Å². The van der Waals surface area contributed by atoms with Gasteiger partial charge in [-0.05, 0) is 52.0 Å². The maximum absolute atomic E-state index is 5.95. The molecule has 3 heteroatoms. The van der Waals surface area contributed by atoms with Crippen LogP contribution in [0.4, 0.5) is 0 Å². The minimum absolute atomic E-state index is 0.620. The molecule has 0 unspecified atom stereocenters. The van der Waals surface area contributed by atoms with Gasteiger partial charge in [-0.15, -0.1) is 0 Å². The fourth-order valence-corrected chi connectivity index (χ4v) is 2.80. The van der Waals surface area contributed by atoms with E-state index >= 15 is 0 Å². The molecule has 3 rings (SSSR count). The number of hydrogen-bond acceptors (Lipinski definition) is 3. The van der Waals surface area contributed by atoms with Gasteiger partial charge in [0, 0.05) is 11.6 Å². The SMILES string of the molecule is Cc1ccc(-c2ccc(CNC3CCN(C)CC3)o2)cc1. The monoisotopic (exact) mass is 284 g/mol. The highest BCUT2D eigenvalue weighted by Crippen LogP contribution is 2.22. The van der Waals surface area contributed by atoms with Crippen LogP contribution in [0.15, 0.2) is 40.8 Å². The van der Waals surface area contributed by atoms with Crippen molar-refractivity contribution in [2.45, 2.75) is 32.4 Å². The minimum Gasteiger partial charge on any atom is -0.460 e. The fourth-order valence-electron chi connectivity index (χ4n) is 2.80. The number of nitrogens with one attached hydrogen (secondary N) is 1. The zero-order valence-electron chi connectivity index (χ0n) is 12.9. The van der Waals surface area contributed by atoms with Gasteiger partial charge in [-0.3, -0.25) is 0 Å². The summed E-state index contributed by atoms with van der Waals surface area (Å²) < 4.78 is 5.95. The highest BCUT2D eigenvalue weighted by Gasteiger charge is 2.16. The Hall–Kier alpha value is -1.58. The molecule has 0 bridgehead atoms. The third-order valence-corrected chi connectivity index (χ3v) is 4.28. The Labute approximate surface area is 127 Å². The Bertz CT molecular complexity index is 565. The molecule has 0 aliphatic carbocycles. The highest BCUT2D eigenvalue weighted by molar-refractivity contribution is 5.57. The van der Waals surface area contributed by atoms with Gasteiger partial charge in [0.2, 0.25) is 0 Å². The molecule has 112 valence electrons. The average molecular weight is 284 g/mol. The molecule has 1 fully saturated rings. The van der Waals surface area contributed by atoms with Crippen LogP contribution in [0.25, 0.3) is 11.3 Å². The first-order valence-corrected chi connectivity index (χ1v) is 7.78. The molecule has 0 amide bonds. The molecule has 1 N–H and O–H groups in total. The zero-order chi connectivity index (χ0) is 14.7. The number of aryl methyl sites for hydroxylation is 1. The summed E-state index contributed by atoms with van der Waals surface area (Å²) in [5.41, 5.74) is 2.42. The van der Waals surface area contributed by atoms with Gasteiger partial charge in [0.25, 0.3) is 0 Å². The highest BCUT2D eigenvalue weighted by atomic mass is 16.3. The molecule has 0 saturated carbocycles. The number of benzene rings is 1. The van der Waals surface area contributed by atoms with E-state index in [-0.39, 0.29) is 0 Å². The van der Waals surface area contributed by atoms with E-state index in [0.29, 0.717) is 6.04 Å². The van der Waals surface area contributed by atoms with E-state index < -0.39 is 0 Å². The number of rotatable bonds is 4. The first-order valence-electron chi connectivity index (χ1n) is 7.78. The smallest absolute Gasteiger partial charge is 0.134 e. The first kappa shape index (κ1) is 14.4. The molecule has 2 heterocycles. The van der Waals surface area contributed by atoms with Crippen molar-refractivity contribution in [3.63, 3.8) is 0 Å². The van der Waals surface area contributed by atoms with Crippen LogP contribution in [-0.4, -0.2) is 31.1 Å². The van der Waals surface area contributed by atoms with Crippen molar-refractivity contribution in [2.75, 3.05) is 20.1 Å². The summed E-state index contributed by atoms with van der Waals surface area (Å²) >= 11 is 0. The van der Waals surface area contributed by atoms with Crippen LogP contribution < -0.4 is 5.32 Å². The minimum atomic E-state index is 0.620. The number of nitrogens with zero attached hydrogens (tertiary/aromatic N) is 1. The molecule has 0 radical (unpaired) electrons. The second-order valence-electron chi connectivity index (χ2n) is 6.09. The summed E-state index contributed by atoms with van der Waals surface area (Å²) in [5, 5.41) is 3.61. The molecule has 2 aromatic rings. The topological polar surface area (TPSA) is 28.4 Å². The van der Waals surface area contributed by atoms with Crippen molar-refractivity contribution >= 4 is 0 Å². The predicted octanol–water partition coefficient (Wildman–Crippen LogP) is 3.44. The lowest BCUT2D eigenvalue weighted by molar-refractivity contribution is 0.231. The maximum atomic E-state index is 5.95. The fraction of sp³-hybridized carbons (Fsp3) is 0.444. The van der Waals surface area contributed by atoms with Crippen LogP contribution in [-0.2, 0) is 6.54 Å². The van der Waals surface area contributed by atoms with Crippen LogP contribution in [0.2, 0.25) is 0 Å². The summed E-state index contributed by atoms with van der Waals surface area (Å²) in [4.78, 5) is 2.39. The summed E-state index contributed by atoms with van der Waals surface area (Å²) in [6, 6.07) is 13.2. The molecular formula is C18H24N2O. The second kappa shape index (κ2) is 6.46. The molecule has 0 atom stereocenters. The largest absolute Gasteiger partial charge is 0.460 e. The Morgan fingerprint density at radius 3 is 2.52 bits per heavy atom. The van der Waals surface area contributed by atoms with Crippen molar-refractivity contribution < 1.29 is 4.42 Å². The van der Waals surface area contributed by atoms with Gasteiger partial charge >= 0.3 is 0 Å². The zero-order valence-corrected chi connectivity index (χ0v) is 12.9. The van der Waals surface area contributed by atoms with E-state index in [1.54, 1.807) is 0 Å². The van der Waals surface area contributed by atoms with Crippen LogP contribution >= 0.6 is 0 Å². The Kier molecular flexibility index (Phi) is 4.42. The van der Waals surface area contributed by atoms with Crippen LogP contribution in [0.3, 0.4) is 0 Å². The van der Waals surface area contributed by atoms with E-state index in [9.17, 15) is 0 Å². The Morgan fingerprint density at radius 1 is 1.10 bits per heavy atom. The van der Waals surface area contributed by atoms with E-state index in [1.807, 2.05) is 0 Å². The summed E-state index contributed by atoms with van der Waals surface area (Å²) in [6.07, 6.45) is 2.45. The van der Waals surface area contributed by atoms with Gasteiger partial charge in [0.15, 0.2) is 0 Å². The molecular weight excluding hydrogens is 260 g/mol. The van der Waals surface area contributed by atoms with Gasteiger partial charge in [-0.1, -0.05) is 29.8 Å². The van der Waals surface area contributed by atoms with Crippen LogP contribution in [0.5, 0.6) is 0 Å². The predicted molar refractivity (Wildman–Crippen MR) is 86.2 cm³/mol. The van der Waals surface area contributed by atoms with Crippen molar-refractivity contribution in [3.8, 4) is 11.3 Å². The van der Waals surface area contributed by atoms with Gasteiger partial charge in [-0.2, -0.15) is 0 Å². The third-order valence-electron chi connectivity index (χ3n) is 4.28. The van der Waals surface area contributed by atoms with Crippen molar-refractivity contribution in [1.29, 1.82) is 0 Å². The molecule has 21 heavy (non-hydrogen) atoms. The van der Waals surface area contributed by atoms with Crippen LogP contribution in [0, 0.1) is 6.92 Å². The molecule has 1 aromatic carbocycles. The lowest BCUT2D eigenvalue weighted by Gasteiger charge is -2.29. The second-order valence-corrected chi connectivity index (χ2v) is 6.09. The van der Waals surface area contributed by atoms with E-state index in [2.05, 4.69) is 60.6 Å². The molecule has 0 spiro atoms. The van der Waals surface area contributed by atoms with E-state index in [4.69, 9.17) is 4.42 Å². The lowest BCUT2D eigenvalue weighted by atomic mass is 10.1. The third kappa shape index (κ3) is 3.74. The normalized spacial score (nSPS) is 17.2. The quantitative estimate of drug-likeness (QED) is 0.932. The number of likely N-dealkylation sites (tertiary alicyclic amines) is 1. The Balaban J connectivity index is 1.56. The summed E-state index contributed by atoms with van der Waals surface area (Å²) in [6.45, 7) is 5.29. The molecule has 1 saturated heterocycles. The molecule has 1 aliphatic rings. The molecule has 3 nitrogen and oxygen atoms in total. The van der Waals surface area contributed by atoms with Crippen LogP contribution in [0.1, 0.15) is 24.2 Å². The average Bonchev–Trinajstić information content (AvgIpc) is 2.96.